The molecule has 2 N–H and O–H groups in total. The van der Waals surface area contributed by atoms with Crippen molar-refractivity contribution in [3.05, 3.63) is 55.8 Å². The minimum absolute atomic E-state index is 0.227. The van der Waals surface area contributed by atoms with Gasteiger partial charge in [0.2, 0.25) is 5.95 Å². The van der Waals surface area contributed by atoms with E-state index < -0.39 is 0 Å². The highest BCUT2D eigenvalue weighted by Gasteiger charge is 2.19. The second-order valence-corrected chi connectivity index (χ2v) is 7.75. The molecular weight excluding hydrogens is 398 g/mol. The number of amides is 1. The van der Waals surface area contributed by atoms with E-state index in [0.717, 1.165) is 16.4 Å². The van der Waals surface area contributed by atoms with E-state index in [9.17, 15) is 9.59 Å². The lowest BCUT2D eigenvalue weighted by Crippen LogP contribution is -2.20. The Bertz CT molecular complexity index is 1220. The minimum atomic E-state index is -0.349. The first-order valence-corrected chi connectivity index (χ1v) is 9.91. The van der Waals surface area contributed by atoms with Gasteiger partial charge in [-0.2, -0.15) is 9.78 Å². The number of thiophene rings is 1. The first-order chi connectivity index (χ1) is 13.4. The van der Waals surface area contributed by atoms with Crippen LogP contribution in [0.2, 0.25) is 0 Å². The van der Waals surface area contributed by atoms with Crippen LogP contribution in [0.25, 0.3) is 16.5 Å². The van der Waals surface area contributed by atoms with Gasteiger partial charge in [0.05, 0.1) is 10.6 Å². The van der Waals surface area contributed by atoms with Gasteiger partial charge in [0, 0.05) is 17.3 Å². The normalized spacial score (nSPS) is 11.0. The number of hydrogen-bond acceptors (Lipinski definition) is 8. The predicted octanol–water partition coefficient (Wildman–Crippen LogP) is 2.71. The van der Waals surface area contributed by atoms with Crippen molar-refractivity contribution in [2.24, 2.45) is 0 Å². The number of nitrogens with one attached hydrogen (secondary N) is 2. The molecular formula is C17H15N7O2S2. The zero-order chi connectivity index (χ0) is 19.8. The second-order valence-electron chi connectivity index (χ2n) is 6.05. The highest BCUT2D eigenvalue weighted by molar-refractivity contribution is 7.13. The predicted molar refractivity (Wildman–Crippen MR) is 107 cm³/mol. The summed E-state index contributed by atoms with van der Waals surface area (Å²) in [6.45, 7) is 5.17. The van der Waals surface area contributed by atoms with Crippen LogP contribution in [0.3, 0.4) is 0 Å². The van der Waals surface area contributed by atoms with Crippen molar-refractivity contribution in [1.29, 1.82) is 0 Å². The average molecular weight is 413 g/mol. The van der Waals surface area contributed by atoms with Crippen molar-refractivity contribution >= 4 is 34.6 Å². The second kappa shape index (κ2) is 7.09. The number of carbonyl (C=O) groups excluding carboxylic acids is 1. The number of anilines is 1. The summed E-state index contributed by atoms with van der Waals surface area (Å²) in [4.78, 5) is 33.3. The molecule has 0 aromatic carbocycles. The summed E-state index contributed by atoms with van der Waals surface area (Å²) in [7, 11) is 0. The topological polar surface area (TPSA) is 118 Å². The molecule has 4 heterocycles. The van der Waals surface area contributed by atoms with Gasteiger partial charge in [0.25, 0.3) is 11.5 Å². The lowest BCUT2D eigenvalue weighted by molar-refractivity contribution is 0.102. The number of aromatic nitrogens is 6. The maximum Gasteiger partial charge on any atom is 0.270 e. The van der Waals surface area contributed by atoms with Crippen LogP contribution in [0.1, 0.15) is 26.6 Å². The molecule has 0 fully saturated rings. The van der Waals surface area contributed by atoms with Crippen molar-refractivity contribution in [2.75, 3.05) is 5.32 Å². The molecule has 0 radical (unpaired) electrons. The monoisotopic (exact) mass is 413 g/mol. The molecule has 0 bridgehead atoms. The first kappa shape index (κ1) is 18.2. The molecule has 4 aromatic heterocycles. The Hall–Kier alpha value is -3.18. The number of hydrogen-bond donors (Lipinski definition) is 2. The summed E-state index contributed by atoms with van der Waals surface area (Å²) in [5.41, 5.74) is 2.07. The van der Waals surface area contributed by atoms with Crippen LogP contribution in [0.5, 0.6) is 0 Å². The van der Waals surface area contributed by atoms with Crippen LogP contribution in [0, 0.1) is 20.8 Å². The van der Waals surface area contributed by atoms with Crippen molar-refractivity contribution in [1.82, 2.24) is 29.3 Å². The Balaban J connectivity index is 1.81. The van der Waals surface area contributed by atoms with Gasteiger partial charge in [0.1, 0.15) is 16.4 Å². The zero-order valence-corrected chi connectivity index (χ0v) is 16.8. The van der Waals surface area contributed by atoms with Crippen LogP contribution in [0.15, 0.2) is 28.4 Å². The van der Waals surface area contributed by atoms with Crippen molar-refractivity contribution in [2.45, 2.75) is 20.8 Å². The Morgan fingerprint density at radius 3 is 2.71 bits per heavy atom. The zero-order valence-electron chi connectivity index (χ0n) is 15.2. The van der Waals surface area contributed by atoms with Crippen LogP contribution >= 0.6 is 22.9 Å². The Labute approximate surface area is 167 Å². The molecule has 0 atom stereocenters. The SMILES string of the molecule is Cc1nnsc1C(=O)Nc1cc(-c2cccs2)nn1-c1nc(C)c(C)c(=O)[nH]1. The number of rotatable bonds is 4. The van der Waals surface area contributed by atoms with Crippen LogP contribution in [-0.2, 0) is 0 Å². The van der Waals surface area contributed by atoms with Crippen LogP contribution in [-0.4, -0.2) is 35.2 Å². The Morgan fingerprint density at radius 1 is 1.25 bits per heavy atom. The van der Waals surface area contributed by atoms with Gasteiger partial charge in [-0.25, -0.2) is 4.98 Å². The van der Waals surface area contributed by atoms with E-state index >= 15 is 0 Å². The molecule has 0 aliphatic heterocycles. The standard InChI is InChI=1S/C17H15N7O2S2/c1-8-9(2)18-17(20-15(8)25)24-13(7-11(22-24)12-5-4-6-27-12)19-16(26)14-10(3)21-23-28-14/h4-7H,1-3H3,(H,19,26)(H,18,20,25). The molecule has 9 nitrogen and oxygen atoms in total. The number of nitrogens with zero attached hydrogens (tertiary/aromatic N) is 5. The molecule has 11 heteroatoms. The van der Waals surface area contributed by atoms with Gasteiger partial charge >= 0.3 is 0 Å². The first-order valence-electron chi connectivity index (χ1n) is 8.26. The fourth-order valence-electron chi connectivity index (χ4n) is 2.52. The van der Waals surface area contributed by atoms with Gasteiger partial charge in [-0.15, -0.1) is 16.4 Å². The van der Waals surface area contributed by atoms with Crippen molar-refractivity contribution in [3.8, 4) is 16.5 Å². The Morgan fingerprint density at radius 2 is 2.07 bits per heavy atom. The fourth-order valence-corrected chi connectivity index (χ4v) is 3.75. The molecule has 0 saturated heterocycles. The number of carbonyl (C=O) groups is 1. The summed E-state index contributed by atoms with van der Waals surface area (Å²) in [6, 6.07) is 5.58. The van der Waals surface area contributed by atoms with E-state index in [0.29, 0.717) is 33.3 Å². The number of aromatic amines is 1. The smallest absolute Gasteiger partial charge is 0.270 e. The number of H-pyrrole nitrogens is 1. The van der Waals surface area contributed by atoms with E-state index in [1.165, 1.54) is 16.0 Å². The summed E-state index contributed by atoms with van der Waals surface area (Å²) >= 11 is 2.54. The number of aryl methyl sites for hydroxylation is 2. The van der Waals surface area contributed by atoms with Gasteiger partial charge in [-0.3, -0.25) is 14.6 Å². The van der Waals surface area contributed by atoms with Gasteiger partial charge < -0.3 is 5.32 Å². The van der Waals surface area contributed by atoms with Gasteiger partial charge in [0.15, 0.2) is 0 Å². The highest BCUT2D eigenvalue weighted by Crippen LogP contribution is 2.27. The maximum atomic E-state index is 12.7. The summed E-state index contributed by atoms with van der Waals surface area (Å²) in [5.74, 6) is 0.260. The quantitative estimate of drug-likeness (QED) is 0.531. The maximum absolute atomic E-state index is 12.7. The molecule has 4 rings (SSSR count). The third-order valence-corrected chi connectivity index (χ3v) is 5.88. The molecule has 142 valence electrons. The molecule has 4 aromatic rings. The molecule has 0 saturated carbocycles. The lowest BCUT2D eigenvalue weighted by Gasteiger charge is -2.08. The van der Waals surface area contributed by atoms with E-state index in [-0.39, 0.29) is 17.4 Å². The van der Waals surface area contributed by atoms with Gasteiger partial charge in [-0.1, -0.05) is 10.6 Å². The Kier molecular flexibility index (Phi) is 4.61. The largest absolute Gasteiger partial charge is 0.306 e. The van der Waals surface area contributed by atoms with Crippen LogP contribution < -0.4 is 10.9 Å². The summed E-state index contributed by atoms with van der Waals surface area (Å²) < 4.78 is 5.22. The third kappa shape index (κ3) is 3.25. The average Bonchev–Trinajstić information content (AvgIpc) is 3.39. The fraction of sp³-hybridized carbons (Fsp3) is 0.176. The van der Waals surface area contributed by atoms with Crippen molar-refractivity contribution < 1.29 is 4.79 Å². The summed E-state index contributed by atoms with van der Waals surface area (Å²) in [6.07, 6.45) is 0. The molecule has 0 unspecified atom stereocenters. The van der Waals surface area contributed by atoms with E-state index in [1.807, 2.05) is 17.5 Å². The molecule has 0 aliphatic rings. The van der Waals surface area contributed by atoms with Crippen molar-refractivity contribution in [3.63, 3.8) is 0 Å². The molecule has 1 amide bonds. The van der Waals surface area contributed by atoms with E-state index in [1.54, 1.807) is 26.8 Å². The highest BCUT2D eigenvalue weighted by atomic mass is 32.1. The van der Waals surface area contributed by atoms with Crippen LogP contribution in [0.4, 0.5) is 5.82 Å². The van der Waals surface area contributed by atoms with Gasteiger partial charge in [-0.05, 0) is 43.8 Å². The minimum Gasteiger partial charge on any atom is -0.306 e. The molecule has 0 aliphatic carbocycles. The van der Waals surface area contributed by atoms with E-state index in [4.69, 9.17) is 0 Å². The lowest BCUT2D eigenvalue weighted by atomic mass is 10.3. The molecule has 0 spiro atoms. The van der Waals surface area contributed by atoms with E-state index in [2.05, 4.69) is 30.0 Å². The third-order valence-electron chi connectivity index (χ3n) is 4.17. The summed E-state index contributed by atoms with van der Waals surface area (Å²) in [5, 5.41) is 13.2. The molecule has 28 heavy (non-hydrogen) atoms.